The average molecular weight is 188 g/mol. The molecule has 0 aliphatic carbocycles. The quantitative estimate of drug-likeness (QED) is 0.737. The van der Waals surface area contributed by atoms with E-state index >= 15 is 0 Å². The molecule has 0 bridgehead atoms. The summed E-state index contributed by atoms with van der Waals surface area (Å²) in [5.74, 6) is 0. The molecule has 0 aliphatic rings. The van der Waals surface area contributed by atoms with E-state index < -0.39 is 0 Å². The van der Waals surface area contributed by atoms with Gasteiger partial charge in [-0.15, -0.1) is 0 Å². The van der Waals surface area contributed by atoms with Gasteiger partial charge in [-0.25, -0.2) is 0 Å². The molecule has 74 valence electrons. The van der Waals surface area contributed by atoms with Gasteiger partial charge in [-0.3, -0.25) is 0 Å². The first-order chi connectivity index (χ1) is 6.79. The summed E-state index contributed by atoms with van der Waals surface area (Å²) in [4.78, 5) is 0. The lowest BCUT2D eigenvalue weighted by Crippen LogP contribution is -2.04. The minimum absolute atomic E-state index is 0.553. The van der Waals surface area contributed by atoms with Gasteiger partial charge in [0.05, 0.1) is 12.5 Å². The van der Waals surface area contributed by atoms with E-state index in [9.17, 15) is 0 Å². The molecule has 1 N–H and O–H groups in total. The van der Waals surface area contributed by atoms with Crippen molar-refractivity contribution in [1.29, 1.82) is 5.26 Å². The predicted molar refractivity (Wildman–Crippen MR) is 59.3 cm³/mol. The molecule has 2 nitrogen and oxygen atoms in total. The van der Waals surface area contributed by atoms with Crippen molar-refractivity contribution in [3.63, 3.8) is 0 Å². The zero-order chi connectivity index (χ0) is 10.4. The normalized spacial score (nSPS) is 9.50. The molecule has 0 aliphatic heterocycles. The van der Waals surface area contributed by atoms with E-state index in [0.29, 0.717) is 6.42 Å². The molecule has 0 unspecified atom stereocenters. The van der Waals surface area contributed by atoms with Crippen molar-refractivity contribution in [2.45, 2.75) is 26.7 Å². The third-order valence-corrected chi connectivity index (χ3v) is 2.32. The highest BCUT2D eigenvalue weighted by molar-refractivity contribution is 5.54. The molecule has 14 heavy (non-hydrogen) atoms. The van der Waals surface area contributed by atoms with Gasteiger partial charge in [-0.2, -0.15) is 5.26 Å². The number of benzene rings is 1. The number of hydrogen-bond donors (Lipinski definition) is 1. The van der Waals surface area contributed by atoms with Crippen LogP contribution in [0.15, 0.2) is 18.2 Å². The highest BCUT2D eigenvalue weighted by Gasteiger charge is 2.01. The Kier molecular flexibility index (Phi) is 4.00. The van der Waals surface area contributed by atoms with Crippen LogP contribution in [-0.4, -0.2) is 6.54 Å². The Hall–Kier alpha value is -1.49. The van der Waals surface area contributed by atoms with E-state index in [1.807, 2.05) is 6.07 Å². The third kappa shape index (κ3) is 2.50. The maximum atomic E-state index is 8.44. The number of nitrogens with zero attached hydrogens (tertiary/aromatic N) is 1. The molecule has 0 heterocycles. The van der Waals surface area contributed by atoms with Crippen LogP contribution in [0.1, 0.15) is 24.5 Å². The number of rotatable bonds is 4. The van der Waals surface area contributed by atoms with Crippen LogP contribution in [0.2, 0.25) is 0 Å². The van der Waals surface area contributed by atoms with Crippen LogP contribution >= 0.6 is 0 Å². The van der Waals surface area contributed by atoms with Crippen molar-refractivity contribution in [3.8, 4) is 6.07 Å². The lowest BCUT2D eigenvalue weighted by molar-refractivity contribution is 1.04. The van der Waals surface area contributed by atoms with Crippen LogP contribution in [0.3, 0.4) is 0 Å². The maximum Gasteiger partial charge on any atom is 0.0640 e. The van der Waals surface area contributed by atoms with Gasteiger partial charge in [-0.05, 0) is 30.5 Å². The van der Waals surface area contributed by atoms with Crippen molar-refractivity contribution in [2.75, 3.05) is 11.9 Å². The minimum Gasteiger partial charge on any atom is -0.384 e. The third-order valence-electron chi connectivity index (χ3n) is 2.32. The van der Waals surface area contributed by atoms with Crippen molar-refractivity contribution in [1.82, 2.24) is 0 Å². The van der Waals surface area contributed by atoms with E-state index in [0.717, 1.165) is 13.0 Å². The molecule has 1 aromatic carbocycles. The summed E-state index contributed by atoms with van der Waals surface area (Å²) in [7, 11) is 0. The highest BCUT2D eigenvalue weighted by Crippen LogP contribution is 2.19. The first-order valence-electron chi connectivity index (χ1n) is 4.99. The van der Waals surface area contributed by atoms with Gasteiger partial charge in [0.1, 0.15) is 0 Å². The molecule has 0 saturated heterocycles. The summed E-state index contributed by atoms with van der Waals surface area (Å²) >= 11 is 0. The van der Waals surface area contributed by atoms with E-state index in [-0.39, 0.29) is 0 Å². The Morgan fingerprint density at radius 2 is 2.21 bits per heavy atom. The molecule has 0 aromatic heterocycles. The minimum atomic E-state index is 0.553. The topological polar surface area (TPSA) is 35.8 Å². The van der Waals surface area contributed by atoms with Crippen LogP contribution in [0.25, 0.3) is 0 Å². The lowest BCUT2D eigenvalue weighted by atomic mass is 10.0. The molecule has 0 amide bonds. The second-order valence-corrected chi connectivity index (χ2v) is 3.29. The molecule has 0 spiro atoms. The Labute approximate surface area is 85.6 Å². The summed E-state index contributed by atoms with van der Waals surface area (Å²) in [5, 5.41) is 11.7. The second kappa shape index (κ2) is 5.29. The van der Waals surface area contributed by atoms with Crippen LogP contribution in [0.5, 0.6) is 0 Å². The highest BCUT2D eigenvalue weighted by atomic mass is 14.9. The SMILES string of the molecule is CCc1c(C)cccc1NCCC#N. The number of anilines is 1. The Bertz CT molecular complexity index is 337. The smallest absolute Gasteiger partial charge is 0.0640 e. The Morgan fingerprint density at radius 3 is 2.86 bits per heavy atom. The Morgan fingerprint density at radius 1 is 1.43 bits per heavy atom. The number of aryl methyl sites for hydroxylation is 1. The fourth-order valence-electron chi connectivity index (χ4n) is 1.59. The number of nitriles is 1. The van der Waals surface area contributed by atoms with Gasteiger partial charge in [0.25, 0.3) is 0 Å². The fraction of sp³-hybridized carbons (Fsp3) is 0.417. The van der Waals surface area contributed by atoms with Gasteiger partial charge >= 0.3 is 0 Å². The fourth-order valence-corrected chi connectivity index (χ4v) is 1.59. The van der Waals surface area contributed by atoms with Gasteiger partial charge in [0.15, 0.2) is 0 Å². The molecule has 1 aromatic rings. The van der Waals surface area contributed by atoms with Crippen LogP contribution in [0, 0.1) is 18.3 Å². The molecule has 0 radical (unpaired) electrons. The van der Waals surface area contributed by atoms with Crippen molar-refractivity contribution < 1.29 is 0 Å². The molecule has 0 saturated carbocycles. The van der Waals surface area contributed by atoms with E-state index in [1.165, 1.54) is 16.8 Å². The molecule has 1 rings (SSSR count). The first kappa shape index (κ1) is 10.6. The molecule has 0 atom stereocenters. The summed E-state index contributed by atoms with van der Waals surface area (Å²) < 4.78 is 0. The molecule has 0 fully saturated rings. The van der Waals surface area contributed by atoms with Gasteiger partial charge in [-0.1, -0.05) is 19.1 Å². The second-order valence-electron chi connectivity index (χ2n) is 3.29. The Balaban J connectivity index is 2.76. The van der Waals surface area contributed by atoms with E-state index in [1.54, 1.807) is 0 Å². The zero-order valence-corrected chi connectivity index (χ0v) is 8.80. The molecule has 2 heteroatoms. The van der Waals surface area contributed by atoms with Gasteiger partial charge in [0.2, 0.25) is 0 Å². The number of nitrogens with one attached hydrogen (secondary N) is 1. The van der Waals surface area contributed by atoms with Crippen LogP contribution in [-0.2, 0) is 6.42 Å². The molecular formula is C12H16N2. The summed E-state index contributed by atoms with van der Waals surface area (Å²) in [5.41, 5.74) is 3.84. The van der Waals surface area contributed by atoms with Crippen molar-refractivity contribution >= 4 is 5.69 Å². The summed E-state index contributed by atoms with van der Waals surface area (Å²) in [6.45, 7) is 5.00. The largest absolute Gasteiger partial charge is 0.384 e. The average Bonchev–Trinajstić information content (AvgIpc) is 2.18. The lowest BCUT2D eigenvalue weighted by Gasteiger charge is -2.11. The summed E-state index contributed by atoms with van der Waals surface area (Å²) in [6.07, 6.45) is 1.58. The van der Waals surface area contributed by atoms with Crippen molar-refractivity contribution in [2.24, 2.45) is 0 Å². The monoisotopic (exact) mass is 188 g/mol. The van der Waals surface area contributed by atoms with Crippen LogP contribution < -0.4 is 5.32 Å². The van der Waals surface area contributed by atoms with E-state index in [2.05, 4.69) is 37.4 Å². The standard InChI is InChI=1S/C12H16N2/c1-3-11-10(2)6-4-7-12(11)14-9-5-8-13/h4,6-7,14H,3,5,9H2,1-2H3. The first-order valence-corrected chi connectivity index (χ1v) is 4.99. The zero-order valence-electron chi connectivity index (χ0n) is 8.80. The van der Waals surface area contributed by atoms with Crippen LogP contribution in [0.4, 0.5) is 5.69 Å². The van der Waals surface area contributed by atoms with E-state index in [4.69, 9.17) is 5.26 Å². The van der Waals surface area contributed by atoms with Gasteiger partial charge < -0.3 is 5.32 Å². The number of hydrogen-bond acceptors (Lipinski definition) is 2. The molecular weight excluding hydrogens is 172 g/mol. The van der Waals surface area contributed by atoms with Crippen molar-refractivity contribution in [3.05, 3.63) is 29.3 Å². The summed E-state index contributed by atoms with van der Waals surface area (Å²) in [6, 6.07) is 8.36. The predicted octanol–water partition coefficient (Wildman–Crippen LogP) is 2.88. The van der Waals surface area contributed by atoms with Gasteiger partial charge in [0, 0.05) is 12.2 Å². The maximum absolute atomic E-state index is 8.44.